The van der Waals surface area contributed by atoms with Crippen LogP contribution in [0.2, 0.25) is 0 Å². The highest BCUT2D eigenvalue weighted by Gasteiger charge is 2.16. The van der Waals surface area contributed by atoms with Gasteiger partial charge in [-0.15, -0.1) is 0 Å². The number of phenolic OH excluding ortho intramolecular Hbond substituents is 2. The molecular weight excluding hydrogens is 233 g/mol. The molecule has 0 spiro atoms. The Bertz CT molecular complexity index is 559. The molecule has 0 aliphatic carbocycles. The van der Waals surface area contributed by atoms with E-state index in [0.717, 1.165) is 18.2 Å². The van der Waals surface area contributed by atoms with Crippen LogP contribution in [-0.2, 0) is 0 Å². The monoisotopic (exact) mass is 240 g/mol. The Labute approximate surface area is 94.6 Å². The fourth-order valence-corrected chi connectivity index (χ4v) is 1.52. The number of halogens is 3. The summed E-state index contributed by atoms with van der Waals surface area (Å²) < 4.78 is 40.3. The third-order valence-corrected chi connectivity index (χ3v) is 2.25. The second-order valence-corrected chi connectivity index (χ2v) is 3.45. The molecule has 88 valence electrons. The summed E-state index contributed by atoms with van der Waals surface area (Å²) in [6, 6.07) is 4.30. The van der Waals surface area contributed by atoms with Crippen LogP contribution in [0.4, 0.5) is 13.2 Å². The van der Waals surface area contributed by atoms with Gasteiger partial charge < -0.3 is 10.2 Å². The number of phenols is 2. The first-order chi connectivity index (χ1) is 7.99. The third-order valence-electron chi connectivity index (χ3n) is 2.25. The largest absolute Gasteiger partial charge is 0.508 e. The zero-order valence-electron chi connectivity index (χ0n) is 8.42. The maximum Gasteiger partial charge on any atom is 0.137 e. The van der Waals surface area contributed by atoms with Crippen molar-refractivity contribution in [1.29, 1.82) is 0 Å². The highest BCUT2D eigenvalue weighted by molar-refractivity contribution is 5.67. The van der Waals surface area contributed by atoms with Crippen LogP contribution in [0.15, 0.2) is 30.3 Å². The van der Waals surface area contributed by atoms with Crippen LogP contribution in [0.25, 0.3) is 11.1 Å². The van der Waals surface area contributed by atoms with Gasteiger partial charge in [0.15, 0.2) is 0 Å². The molecule has 2 aromatic carbocycles. The normalized spacial score (nSPS) is 10.5. The first kappa shape index (κ1) is 11.3. The molecule has 0 heterocycles. The van der Waals surface area contributed by atoms with Crippen LogP contribution >= 0.6 is 0 Å². The van der Waals surface area contributed by atoms with Crippen molar-refractivity contribution in [2.24, 2.45) is 0 Å². The highest BCUT2D eigenvalue weighted by atomic mass is 19.1. The topological polar surface area (TPSA) is 40.5 Å². The minimum atomic E-state index is -1.08. The Morgan fingerprint density at radius 2 is 1.24 bits per heavy atom. The van der Waals surface area contributed by atoms with Crippen molar-refractivity contribution >= 4 is 0 Å². The van der Waals surface area contributed by atoms with Crippen LogP contribution in [0.5, 0.6) is 11.5 Å². The van der Waals surface area contributed by atoms with Gasteiger partial charge in [0.2, 0.25) is 0 Å². The Hall–Kier alpha value is -2.17. The van der Waals surface area contributed by atoms with E-state index in [9.17, 15) is 13.2 Å². The van der Waals surface area contributed by atoms with E-state index in [1.54, 1.807) is 0 Å². The lowest BCUT2D eigenvalue weighted by molar-refractivity contribution is 0.460. The van der Waals surface area contributed by atoms with Gasteiger partial charge >= 0.3 is 0 Å². The van der Waals surface area contributed by atoms with E-state index < -0.39 is 28.8 Å². The third kappa shape index (κ3) is 2.04. The fraction of sp³-hybridized carbons (Fsp3) is 0. The molecule has 0 aromatic heterocycles. The molecule has 0 fully saturated rings. The molecule has 2 rings (SSSR count). The summed E-state index contributed by atoms with van der Waals surface area (Å²) in [7, 11) is 0. The van der Waals surface area contributed by atoms with Crippen LogP contribution in [0.1, 0.15) is 0 Å². The van der Waals surface area contributed by atoms with Gasteiger partial charge in [-0.1, -0.05) is 0 Å². The number of rotatable bonds is 1. The first-order valence-corrected chi connectivity index (χ1v) is 4.66. The van der Waals surface area contributed by atoms with Crippen molar-refractivity contribution in [1.82, 2.24) is 0 Å². The second-order valence-electron chi connectivity index (χ2n) is 3.45. The first-order valence-electron chi connectivity index (χ1n) is 4.66. The van der Waals surface area contributed by atoms with Gasteiger partial charge in [0.05, 0.1) is 5.56 Å². The van der Waals surface area contributed by atoms with Crippen molar-refractivity contribution in [2.75, 3.05) is 0 Å². The molecule has 0 bridgehead atoms. The van der Waals surface area contributed by atoms with E-state index in [-0.39, 0.29) is 11.3 Å². The van der Waals surface area contributed by atoms with Crippen molar-refractivity contribution < 1.29 is 23.4 Å². The van der Waals surface area contributed by atoms with Crippen LogP contribution < -0.4 is 0 Å². The smallest absolute Gasteiger partial charge is 0.137 e. The predicted molar refractivity (Wildman–Crippen MR) is 55.1 cm³/mol. The van der Waals surface area contributed by atoms with E-state index >= 15 is 0 Å². The fourth-order valence-electron chi connectivity index (χ4n) is 1.52. The van der Waals surface area contributed by atoms with E-state index in [1.165, 1.54) is 0 Å². The maximum atomic E-state index is 13.4. The molecule has 0 amide bonds. The summed E-state index contributed by atoms with van der Waals surface area (Å²) in [4.78, 5) is 0. The number of hydrogen-bond acceptors (Lipinski definition) is 2. The molecule has 2 N–H and O–H groups in total. The molecule has 5 heteroatoms. The van der Waals surface area contributed by atoms with Crippen LogP contribution in [-0.4, -0.2) is 10.2 Å². The Morgan fingerprint density at radius 3 is 1.76 bits per heavy atom. The summed E-state index contributed by atoms with van der Waals surface area (Å²) in [6.07, 6.45) is 0. The predicted octanol–water partition coefficient (Wildman–Crippen LogP) is 3.18. The Kier molecular flexibility index (Phi) is 2.67. The summed E-state index contributed by atoms with van der Waals surface area (Å²) in [5.74, 6) is -4.03. The second kappa shape index (κ2) is 4.01. The standard InChI is InChI=1S/C12H7F3O2/c13-9-3-6(16)1-2-8(9)12-10(14)4-7(17)5-11(12)15/h1-5,16-17H. The van der Waals surface area contributed by atoms with Gasteiger partial charge in [-0.2, -0.15) is 0 Å². The van der Waals surface area contributed by atoms with Gasteiger partial charge in [0, 0.05) is 23.8 Å². The molecule has 2 aromatic rings. The maximum absolute atomic E-state index is 13.4. The SMILES string of the molecule is Oc1ccc(-c2c(F)cc(O)cc2F)c(F)c1. The zero-order valence-corrected chi connectivity index (χ0v) is 8.42. The molecular formula is C12H7F3O2. The van der Waals surface area contributed by atoms with Crippen molar-refractivity contribution in [3.8, 4) is 22.6 Å². The van der Waals surface area contributed by atoms with E-state index in [2.05, 4.69) is 0 Å². The molecule has 0 aliphatic rings. The lowest BCUT2D eigenvalue weighted by atomic mass is 10.0. The lowest BCUT2D eigenvalue weighted by Gasteiger charge is -2.07. The Morgan fingerprint density at radius 1 is 0.706 bits per heavy atom. The van der Waals surface area contributed by atoms with Gasteiger partial charge in [-0.05, 0) is 12.1 Å². The summed E-state index contributed by atoms with van der Waals surface area (Å²) in [6.45, 7) is 0. The minimum Gasteiger partial charge on any atom is -0.508 e. The lowest BCUT2D eigenvalue weighted by Crippen LogP contribution is -1.93. The van der Waals surface area contributed by atoms with E-state index in [0.29, 0.717) is 12.1 Å². The highest BCUT2D eigenvalue weighted by Crippen LogP contribution is 2.32. The minimum absolute atomic E-state index is 0.321. The quantitative estimate of drug-likeness (QED) is 0.803. The van der Waals surface area contributed by atoms with Gasteiger partial charge in [0.1, 0.15) is 29.0 Å². The molecule has 0 radical (unpaired) electrons. The number of benzene rings is 2. The van der Waals surface area contributed by atoms with Gasteiger partial charge in [-0.25, -0.2) is 13.2 Å². The van der Waals surface area contributed by atoms with Crippen molar-refractivity contribution in [3.63, 3.8) is 0 Å². The molecule has 0 saturated heterocycles. The molecule has 0 aliphatic heterocycles. The molecule has 2 nitrogen and oxygen atoms in total. The van der Waals surface area contributed by atoms with Crippen molar-refractivity contribution in [3.05, 3.63) is 47.8 Å². The van der Waals surface area contributed by atoms with Crippen molar-refractivity contribution in [2.45, 2.75) is 0 Å². The average Bonchev–Trinajstić information content (AvgIpc) is 2.19. The summed E-state index contributed by atoms with van der Waals surface area (Å²) >= 11 is 0. The van der Waals surface area contributed by atoms with Gasteiger partial charge in [0.25, 0.3) is 0 Å². The van der Waals surface area contributed by atoms with Gasteiger partial charge in [-0.3, -0.25) is 0 Å². The molecule has 0 unspecified atom stereocenters. The molecule has 0 saturated carbocycles. The van der Waals surface area contributed by atoms with Crippen LogP contribution in [0, 0.1) is 17.5 Å². The van der Waals surface area contributed by atoms with Crippen LogP contribution in [0.3, 0.4) is 0 Å². The molecule has 0 atom stereocenters. The van der Waals surface area contributed by atoms with E-state index in [1.807, 2.05) is 0 Å². The number of hydrogen-bond donors (Lipinski definition) is 2. The zero-order chi connectivity index (χ0) is 12.6. The Balaban J connectivity index is 2.68. The average molecular weight is 240 g/mol. The summed E-state index contributed by atoms with van der Waals surface area (Å²) in [5, 5.41) is 18.0. The summed E-state index contributed by atoms with van der Waals surface area (Å²) in [5.41, 5.74) is -0.905. The van der Waals surface area contributed by atoms with E-state index in [4.69, 9.17) is 10.2 Å². The molecule has 17 heavy (non-hydrogen) atoms. The number of aromatic hydroxyl groups is 2.